The van der Waals surface area contributed by atoms with Gasteiger partial charge >= 0.3 is 0 Å². The van der Waals surface area contributed by atoms with Crippen LogP contribution < -0.4 is 0 Å². The Morgan fingerprint density at radius 1 is 1.11 bits per heavy atom. The number of nitrogens with zero attached hydrogens (tertiary/aromatic N) is 3. The summed E-state index contributed by atoms with van der Waals surface area (Å²) in [6.07, 6.45) is 3.82. The monoisotopic (exact) mass is 248 g/mol. The van der Waals surface area contributed by atoms with Crippen LogP contribution in [-0.4, -0.2) is 19.6 Å². The molecule has 1 N–H and O–H groups in total. The first kappa shape index (κ1) is 10.3. The van der Waals surface area contributed by atoms with E-state index in [1.807, 2.05) is 36.0 Å². The third kappa shape index (κ3) is 1.53. The lowest BCUT2D eigenvalue weighted by atomic mass is 10.1. The van der Waals surface area contributed by atoms with Gasteiger partial charge in [0.05, 0.1) is 17.6 Å². The van der Waals surface area contributed by atoms with Gasteiger partial charge in [-0.3, -0.25) is 0 Å². The van der Waals surface area contributed by atoms with E-state index < -0.39 is 0 Å². The average Bonchev–Trinajstić information content (AvgIpc) is 3.03. The minimum Gasteiger partial charge on any atom is -0.361 e. The van der Waals surface area contributed by atoms with Gasteiger partial charge in [0.2, 0.25) is 0 Å². The van der Waals surface area contributed by atoms with Gasteiger partial charge in [-0.2, -0.15) is 5.10 Å². The second-order valence-electron chi connectivity index (χ2n) is 4.67. The van der Waals surface area contributed by atoms with Crippen molar-refractivity contribution >= 4 is 16.6 Å². The van der Waals surface area contributed by atoms with E-state index in [1.54, 1.807) is 0 Å². The van der Waals surface area contributed by atoms with Gasteiger partial charge in [-0.1, -0.05) is 12.1 Å². The predicted octanol–water partition coefficient (Wildman–Crippen LogP) is 3.19. The van der Waals surface area contributed by atoms with Crippen LogP contribution >= 0.6 is 0 Å². The zero-order valence-electron chi connectivity index (χ0n) is 10.5. The predicted molar refractivity (Wildman–Crippen MR) is 75.0 cm³/mol. The molecule has 0 radical (unpaired) electrons. The second kappa shape index (κ2) is 3.68. The number of benzene rings is 1. The molecule has 0 spiro atoms. The van der Waals surface area contributed by atoms with Crippen LogP contribution in [-0.2, 0) is 0 Å². The van der Waals surface area contributed by atoms with Gasteiger partial charge in [0.15, 0.2) is 5.65 Å². The Morgan fingerprint density at radius 3 is 3.00 bits per heavy atom. The van der Waals surface area contributed by atoms with Crippen molar-refractivity contribution < 1.29 is 0 Å². The lowest BCUT2D eigenvalue weighted by Crippen LogP contribution is -1.95. The Hall–Kier alpha value is -2.62. The molecule has 0 aliphatic carbocycles. The Morgan fingerprint density at radius 2 is 2.05 bits per heavy atom. The summed E-state index contributed by atoms with van der Waals surface area (Å²) in [6.45, 7) is 1.98. The maximum atomic E-state index is 4.52. The minimum absolute atomic E-state index is 0.868. The van der Waals surface area contributed by atoms with Gasteiger partial charge < -0.3 is 4.98 Å². The summed E-state index contributed by atoms with van der Waals surface area (Å²) >= 11 is 0. The highest BCUT2D eigenvalue weighted by molar-refractivity contribution is 5.84. The summed E-state index contributed by atoms with van der Waals surface area (Å²) < 4.78 is 1.89. The lowest BCUT2D eigenvalue weighted by molar-refractivity contribution is 0.907. The molecule has 0 fully saturated rings. The molecule has 0 unspecified atom stereocenters. The summed E-state index contributed by atoms with van der Waals surface area (Å²) in [6, 6.07) is 12.4. The van der Waals surface area contributed by atoms with Crippen LogP contribution in [0, 0.1) is 6.92 Å². The maximum absolute atomic E-state index is 4.52. The maximum Gasteiger partial charge on any atom is 0.154 e. The molecule has 0 atom stereocenters. The van der Waals surface area contributed by atoms with Gasteiger partial charge in [-0.25, -0.2) is 9.50 Å². The smallest absolute Gasteiger partial charge is 0.154 e. The Labute approximate surface area is 109 Å². The van der Waals surface area contributed by atoms with Crippen LogP contribution in [0.25, 0.3) is 27.8 Å². The summed E-state index contributed by atoms with van der Waals surface area (Å²) in [4.78, 5) is 7.63. The topological polar surface area (TPSA) is 46.0 Å². The van der Waals surface area contributed by atoms with Crippen LogP contribution in [0.2, 0.25) is 0 Å². The lowest BCUT2D eigenvalue weighted by Gasteiger charge is -2.02. The van der Waals surface area contributed by atoms with E-state index >= 15 is 0 Å². The Bertz CT molecular complexity index is 885. The first-order valence-electron chi connectivity index (χ1n) is 6.20. The SMILES string of the molecule is Cc1ccc2ncc(-c3ccc4cc[nH]c4c3)n2n1. The van der Waals surface area contributed by atoms with E-state index in [0.29, 0.717) is 0 Å². The fourth-order valence-corrected chi connectivity index (χ4v) is 2.37. The molecule has 0 bridgehead atoms. The van der Waals surface area contributed by atoms with Crippen LogP contribution in [0.15, 0.2) is 48.8 Å². The highest BCUT2D eigenvalue weighted by atomic mass is 15.3. The molecule has 4 aromatic rings. The molecular formula is C15H12N4. The average molecular weight is 248 g/mol. The molecule has 3 aromatic heterocycles. The number of H-pyrrole nitrogens is 1. The van der Waals surface area contributed by atoms with Gasteiger partial charge in [0.25, 0.3) is 0 Å². The van der Waals surface area contributed by atoms with Crippen LogP contribution in [0.4, 0.5) is 0 Å². The van der Waals surface area contributed by atoms with Crippen LogP contribution in [0.3, 0.4) is 0 Å². The normalized spacial score (nSPS) is 11.4. The fourth-order valence-electron chi connectivity index (χ4n) is 2.37. The number of fused-ring (bicyclic) bond motifs is 2. The number of hydrogen-bond acceptors (Lipinski definition) is 2. The molecule has 4 heteroatoms. The Kier molecular flexibility index (Phi) is 2.00. The Balaban J connectivity index is 2.00. The first-order chi connectivity index (χ1) is 9.31. The molecule has 0 aliphatic heterocycles. The number of aromatic amines is 1. The van der Waals surface area contributed by atoms with Gasteiger partial charge in [0.1, 0.15) is 0 Å². The molecule has 4 rings (SSSR count). The molecule has 19 heavy (non-hydrogen) atoms. The molecular weight excluding hydrogens is 236 g/mol. The molecule has 0 aliphatic rings. The van der Waals surface area contributed by atoms with Crippen molar-refractivity contribution in [1.82, 2.24) is 19.6 Å². The second-order valence-corrected chi connectivity index (χ2v) is 4.67. The van der Waals surface area contributed by atoms with Crippen molar-refractivity contribution in [2.24, 2.45) is 0 Å². The third-order valence-electron chi connectivity index (χ3n) is 3.35. The molecule has 3 heterocycles. The van der Waals surface area contributed by atoms with Crippen molar-refractivity contribution in [2.45, 2.75) is 6.92 Å². The van der Waals surface area contributed by atoms with Crippen molar-refractivity contribution in [1.29, 1.82) is 0 Å². The number of imidazole rings is 1. The molecule has 0 saturated carbocycles. The zero-order valence-corrected chi connectivity index (χ0v) is 10.5. The van der Waals surface area contributed by atoms with Crippen molar-refractivity contribution in [3.63, 3.8) is 0 Å². The number of rotatable bonds is 1. The van der Waals surface area contributed by atoms with E-state index in [0.717, 1.165) is 28.1 Å². The van der Waals surface area contributed by atoms with Gasteiger partial charge in [0, 0.05) is 17.3 Å². The summed E-state index contributed by atoms with van der Waals surface area (Å²) in [7, 11) is 0. The fraction of sp³-hybridized carbons (Fsp3) is 0.0667. The van der Waals surface area contributed by atoms with E-state index in [4.69, 9.17) is 0 Å². The van der Waals surface area contributed by atoms with E-state index in [2.05, 4.69) is 39.3 Å². The van der Waals surface area contributed by atoms with Gasteiger partial charge in [-0.05, 0) is 36.6 Å². The number of aromatic nitrogens is 4. The summed E-state index contributed by atoms with van der Waals surface area (Å²) in [5.41, 5.74) is 5.09. The molecule has 0 amide bonds. The molecule has 92 valence electrons. The highest BCUT2D eigenvalue weighted by Gasteiger charge is 2.08. The third-order valence-corrected chi connectivity index (χ3v) is 3.35. The molecule has 1 aromatic carbocycles. The van der Waals surface area contributed by atoms with Crippen LogP contribution in [0.1, 0.15) is 5.69 Å². The number of nitrogens with one attached hydrogen (secondary N) is 1. The summed E-state index contributed by atoms with van der Waals surface area (Å²) in [5.74, 6) is 0. The highest BCUT2D eigenvalue weighted by Crippen LogP contribution is 2.24. The molecule has 0 saturated heterocycles. The van der Waals surface area contributed by atoms with E-state index in [9.17, 15) is 0 Å². The van der Waals surface area contributed by atoms with Crippen molar-refractivity contribution in [3.05, 3.63) is 54.5 Å². The van der Waals surface area contributed by atoms with Crippen LogP contribution in [0.5, 0.6) is 0 Å². The van der Waals surface area contributed by atoms with Crippen molar-refractivity contribution in [2.75, 3.05) is 0 Å². The number of hydrogen-bond donors (Lipinski definition) is 1. The standard InChI is InChI=1S/C15H12N4/c1-10-2-5-15-17-9-14(19(15)18-10)12-4-3-11-6-7-16-13(11)8-12/h2-9,16H,1H3. The zero-order chi connectivity index (χ0) is 12.8. The number of aryl methyl sites for hydroxylation is 1. The van der Waals surface area contributed by atoms with E-state index in [1.165, 1.54) is 5.39 Å². The summed E-state index contributed by atoms with van der Waals surface area (Å²) in [5, 5.41) is 5.73. The largest absolute Gasteiger partial charge is 0.361 e. The first-order valence-corrected chi connectivity index (χ1v) is 6.20. The van der Waals surface area contributed by atoms with Gasteiger partial charge in [-0.15, -0.1) is 0 Å². The quantitative estimate of drug-likeness (QED) is 0.562. The molecule has 4 nitrogen and oxygen atoms in total. The van der Waals surface area contributed by atoms with Crippen molar-refractivity contribution in [3.8, 4) is 11.3 Å². The van der Waals surface area contributed by atoms with E-state index in [-0.39, 0.29) is 0 Å². The minimum atomic E-state index is 0.868.